The van der Waals surface area contributed by atoms with Crippen molar-refractivity contribution in [3.05, 3.63) is 73.2 Å². The van der Waals surface area contributed by atoms with E-state index < -0.39 is 10.0 Å². The van der Waals surface area contributed by atoms with Crippen molar-refractivity contribution in [2.75, 3.05) is 5.32 Å². The first kappa shape index (κ1) is 18.2. The molecule has 0 aliphatic heterocycles. The summed E-state index contributed by atoms with van der Waals surface area (Å²) < 4.78 is 24.8. The summed E-state index contributed by atoms with van der Waals surface area (Å²) in [7, 11) is -3.81. The van der Waals surface area contributed by atoms with E-state index in [4.69, 9.17) is 5.14 Å². The first-order chi connectivity index (χ1) is 14.5. The number of para-hydroxylation sites is 1. The minimum atomic E-state index is -3.81. The summed E-state index contributed by atoms with van der Waals surface area (Å²) >= 11 is 0. The Hall–Kier alpha value is -3.89. The quantitative estimate of drug-likeness (QED) is 0.460. The van der Waals surface area contributed by atoms with E-state index in [1.165, 1.54) is 12.1 Å². The predicted molar refractivity (Wildman–Crippen MR) is 113 cm³/mol. The molecule has 0 saturated carbocycles. The molecule has 0 atom stereocenters. The van der Waals surface area contributed by atoms with Gasteiger partial charge in [0.05, 0.1) is 28.5 Å². The molecule has 3 aromatic heterocycles. The largest absolute Gasteiger partial charge is 0.323 e. The standard InChI is InChI=1S/C20H15N7O2S/c21-30(28,29)16-6-3-5-15(9-16)24-20-25-19-12-22-11-18(27(19)26-20)14-8-13-4-1-2-7-17(13)23-10-14/h1-12H,(H,24,26)(H2,21,28,29). The lowest BCUT2D eigenvalue weighted by atomic mass is 10.1. The number of nitrogens with one attached hydrogen (secondary N) is 1. The first-order valence-electron chi connectivity index (χ1n) is 8.93. The van der Waals surface area contributed by atoms with Crippen molar-refractivity contribution >= 4 is 38.2 Å². The van der Waals surface area contributed by atoms with E-state index in [0.29, 0.717) is 17.3 Å². The fourth-order valence-corrected chi connectivity index (χ4v) is 3.71. The van der Waals surface area contributed by atoms with E-state index in [1.54, 1.807) is 35.2 Å². The van der Waals surface area contributed by atoms with Gasteiger partial charge in [0.25, 0.3) is 0 Å². The van der Waals surface area contributed by atoms with Gasteiger partial charge in [0.1, 0.15) is 0 Å². The van der Waals surface area contributed by atoms with Gasteiger partial charge in [-0.05, 0) is 30.3 Å². The number of fused-ring (bicyclic) bond motifs is 2. The molecule has 0 bridgehead atoms. The van der Waals surface area contributed by atoms with Gasteiger partial charge in [0, 0.05) is 22.8 Å². The van der Waals surface area contributed by atoms with Crippen LogP contribution in [0.3, 0.4) is 0 Å². The second-order valence-corrected chi connectivity index (χ2v) is 8.17. The third-order valence-electron chi connectivity index (χ3n) is 4.55. The van der Waals surface area contributed by atoms with Crippen LogP contribution < -0.4 is 10.5 Å². The lowest BCUT2D eigenvalue weighted by Gasteiger charge is -2.05. The van der Waals surface area contributed by atoms with Crippen molar-refractivity contribution in [3.63, 3.8) is 0 Å². The molecule has 5 rings (SSSR count). The van der Waals surface area contributed by atoms with E-state index in [-0.39, 0.29) is 4.90 Å². The van der Waals surface area contributed by atoms with Crippen LogP contribution in [-0.4, -0.2) is 33.0 Å². The molecule has 148 valence electrons. The van der Waals surface area contributed by atoms with Crippen LogP contribution in [0.5, 0.6) is 0 Å². The van der Waals surface area contributed by atoms with Crippen molar-refractivity contribution in [1.29, 1.82) is 0 Å². The average Bonchev–Trinajstić information content (AvgIpc) is 3.15. The molecule has 0 spiro atoms. The number of nitrogens with zero attached hydrogens (tertiary/aromatic N) is 5. The molecule has 3 heterocycles. The molecule has 5 aromatic rings. The number of anilines is 2. The summed E-state index contributed by atoms with van der Waals surface area (Å²) in [5.41, 5.74) is 3.51. The smallest absolute Gasteiger partial charge is 0.247 e. The number of primary sulfonamides is 1. The molecule has 0 radical (unpaired) electrons. The number of pyridine rings is 1. The molecule has 9 nitrogen and oxygen atoms in total. The van der Waals surface area contributed by atoms with Gasteiger partial charge in [-0.25, -0.2) is 18.1 Å². The summed E-state index contributed by atoms with van der Waals surface area (Å²) in [6.45, 7) is 0. The van der Waals surface area contributed by atoms with E-state index in [9.17, 15) is 8.42 Å². The Labute approximate surface area is 171 Å². The number of sulfonamides is 1. The van der Waals surface area contributed by atoms with Crippen molar-refractivity contribution in [1.82, 2.24) is 24.6 Å². The highest BCUT2D eigenvalue weighted by molar-refractivity contribution is 7.89. The Bertz CT molecular complexity index is 1510. The molecule has 10 heteroatoms. The number of hydrogen-bond donors (Lipinski definition) is 2. The molecule has 0 aliphatic rings. The Morgan fingerprint density at radius 3 is 2.70 bits per heavy atom. The Balaban J connectivity index is 1.55. The maximum absolute atomic E-state index is 11.6. The average molecular weight is 417 g/mol. The number of aromatic nitrogens is 5. The van der Waals surface area contributed by atoms with E-state index in [0.717, 1.165) is 22.2 Å². The van der Waals surface area contributed by atoms with Gasteiger partial charge in [-0.15, -0.1) is 5.10 Å². The number of benzene rings is 2. The molecule has 3 N–H and O–H groups in total. The normalized spacial score (nSPS) is 11.8. The number of nitrogens with two attached hydrogens (primary N) is 1. The molecule has 0 fully saturated rings. The van der Waals surface area contributed by atoms with Crippen LogP contribution in [0.4, 0.5) is 11.6 Å². The van der Waals surface area contributed by atoms with Crippen LogP contribution in [0.1, 0.15) is 0 Å². The topological polar surface area (TPSA) is 128 Å². The second kappa shape index (κ2) is 6.87. The highest BCUT2D eigenvalue weighted by atomic mass is 32.2. The molecule has 2 aromatic carbocycles. The van der Waals surface area contributed by atoms with Gasteiger partial charge in [-0.2, -0.15) is 4.98 Å². The highest BCUT2D eigenvalue weighted by Crippen LogP contribution is 2.24. The third-order valence-corrected chi connectivity index (χ3v) is 5.46. The Morgan fingerprint density at radius 1 is 0.967 bits per heavy atom. The van der Waals surface area contributed by atoms with E-state index >= 15 is 0 Å². The summed E-state index contributed by atoms with van der Waals surface area (Å²) in [5.74, 6) is 0.296. The van der Waals surface area contributed by atoms with Crippen LogP contribution in [-0.2, 0) is 10.0 Å². The lowest BCUT2D eigenvalue weighted by molar-refractivity contribution is 0.598. The summed E-state index contributed by atoms with van der Waals surface area (Å²) in [5, 5.41) is 13.7. The van der Waals surface area contributed by atoms with Gasteiger partial charge >= 0.3 is 0 Å². The van der Waals surface area contributed by atoms with E-state index in [2.05, 4.69) is 25.4 Å². The molecule has 0 unspecified atom stereocenters. The van der Waals surface area contributed by atoms with Crippen LogP contribution in [0.2, 0.25) is 0 Å². The van der Waals surface area contributed by atoms with Gasteiger partial charge < -0.3 is 5.32 Å². The first-order valence-corrected chi connectivity index (χ1v) is 10.5. The fourth-order valence-electron chi connectivity index (χ4n) is 3.16. The van der Waals surface area contributed by atoms with Gasteiger partial charge in [0.15, 0.2) is 5.65 Å². The Morgan fingerprint density at radius 2 is 1.83 bits per heavy atom. The fraction of sp³-hybridized carbons (Fsp3) is 0. The summed E-state index contributed by atoms with van der Waals surface area (Å²) in [4.78, 5) is 13.2. The maximum atomic E-state index is 11.6. The minimum Gasteiger partial charge on any atom is -0.323 e. The van der Waals surface area contributed by atoms with Crippen molar-refractivity contribution in [3.8, 4) is 11.3 Å². The lowest BCUT2D eigenvalue weighted by Crippen LogP contribution is -2.12. The van der Waals surface area contributed by atoms with Crippen LogP contribution in [0.15, 0.2) is 78.1 Å². The molecule has 0 aliphatic carbocycles. The second-order valence-electron chi connectivity index (χ2n) is 6.61. The van der Waals surface area contributed by atoms with Crippen molar-refractivity contribution < 1.29 is 8.42 Å². The summed E-state index contributed by atoms with van der Waals surface area (Å²) in [6, 6.07) is 16.0. The third kappa shape index (κ3) is 3.34. The molecule has 30 heavy (non-hydrogen) atoms. The SMILES string of the molecule is NS(=O)(=O)c1cccc(Nc2nc3cncc(-c4cnc5ccccc5c4)n3n2)c1. The van der Waals surface area contributed by atoms with Crippen LogP contribution in [0, 0.1) is 0 Å². The van der Waals surface area contributed by atoms with Crippen molar-refractivity contribution in [2.45, 2.75) is 4.90 Å². The zero-order valence-corrected chi connectivity index (χ0v) is 16.3. The van der Waals surface area contributed by atoms with Gasteiger partial charge in [0.2, 0.25) is 16.0 Å². The molecular formula is C20H15N7O2S. The molecule has 0 saturated heterocycles. The number of rotatable bonds is 4. The zero-order valence-electron chi connectivity index (χ0n) is 15.5. The van der Waals surface area contributed by atoms with Crippen LogP contribution >= 0.6 is 0 Å². The molecular weight excluding hydrogens is 402 g/mol. The van der Waals surface area contributed by atoms with Gasteiger partial charge in [-0.1, -0.05) is 24.3 Å². The van der Waals surface area contributed by atoms with Crippen molar-refractivity contribution in [2.24, 2.45) is 5.14 Å². The zero-order chi connectivity index (χ0) is 20.7. The monoisotopic (exact) mass is 417 g/mol. The van der Waals surface area contributed by atoms with Crippen LogP contribution in [0.25, 0.3) is 27.8 Å². The minimum absolute atomic E-state index is 0.000794. The Kier molecular flexibility index (Phi) is 4.16. The van der Waals surface area contributed by atoms with Gasteiger partial charge in [-0.3, -0.25) is 9.97 Å². The van der Waals surface area contributed by atoms with E-state index in [1.807, 2.05) is 30.3 Å². The maximum Gasteiger partial charge on any atom is 0.247 e. The summed E-state index contributed by atoms with van der Waals surface area (Å²) in [6.07, 6.45) is 5.05. The predicted octanol–water partition coefficient (Wildman–Crippen LogP) is 2.73. The molecule has 0 amide bonds. The number of hydrogen-bond acceptors (Lipinski definition) is 7. The highest BCUT2D eigenvalue weighted by Gasteiger charge is 2.12.